The Labute approximate surface area is 152 Å². The summed E-state index contributed by atoms with van der Waals surface area (Å²) in [5, 5.41) is 7.89. The van der Waals surface area contributed by atoms with Gasteiger partial charge in [0.25, 0.3) is 0 Å². The smallest absolute Gasteiger partial charge is 0.211 e. The topological polar surface area (TPSA) is 79.6 Å². The molecule has 0 bridgehead atoms. The van der Waals surface area contributed by atoms with Crippen LogP contribution >= 0.6 is 0 Å². The summed E-state index contributed by atoms with van der Waals surface area (Å²) >= 11 is 0. The quantitative estimate of drug-likeness (QED) is 0.761. The molecule has 26 heavy (non-hydrogen) atoms. The third-order valence-corrected chi connectivity index (χ3v) is 6.01. The molecule has 0 saturated carbocycles. The fourth-order valence-electron chi connectivity index (χ4n) is 3.31. The van der Waals surface area contributed by atoms with E-state index in [1.54, 1.807) is 10.7 Å². The van der Waals surface area contributed by atoms with Crippen molar-refractivity contribution in [2.75, 3.05) is 24.7 Å². The highest BCUT2D eigenvalue weighted by Crippen LogP contribution is 2.24. The molecule has 8 heteroatoms. The third kappa shape index (κ3) is 3.42. The maximum Gasteiger partial charge on any atom is 0.211 e. The SMILES string of the molecule is CS(=O)(=O)N1CCC(Nc2cc(-c3ccccc3)nc3ccnn23)CC1. The summed E-state index contributed by atoms with van der Waals surface area (Å²) in [5.74, 6) is 0.872. The van der Waals surface area contributed by atoms with Gasteiger partial charge in [0.05, 0.1) is 18.1 Å². The van der Waals surface area contributed by atoms with Crippen LogP contribution in [0.5, 0.6) is 0 Å². The van der Waals surface area contributed by atoms with E-state index in [0.717, 1.165) is 35.6 Å². The van der Waals surface area contributed by atoms with Gasteiger partial charge in [0.2, 0.25) is 10.0 Å². The van der Waals surface area contributed by atoms with Crippen molar-refractivity contribution in [3.8, 4) is 11.3 Å². The molecule has 1 aromatic carbocycles. The van der Waals surface area contributed by atoms with Crippen LogP contribution in [0.1, 0.15) is 12.8 Å². The van der Waals surface area contributed by atoms with Crippen LogP contribution in [0.2, 0.25) is 0 Å². The number of hydrogen-bond acceptors (Lipinski definition) is 5. The lowest BCUT2D eigenvalue weighted by molar-refractivity contribution is 0.331. The Bertz CT molecular complexity index is 1010. The van der Waals surface area contributed by atoms with Gasteiger partial charge in [0.15, 0.2) is 5.65 Å². The van der Waals surface area contributed by atoms with E-state index in [2.05, 4.69) is 15.4 Å². The van der Waals surface area contributed by atoms with Crippen LogP contribution in [0, 0.1) is 0 Å². The Morgan fingerprint density at radius 3 is 2.54 bits per heavy atom. The van der Waals surface area contributed by atoms with Gasteiger partial charge >= 0.3 is 0 Å². The molecule has 3 aromatic rings. The first-order valence-corrected chi connectivity index (χ1v) is 10.5. The lowest BCUT2D eigenvalue weighted by atomic mass is 10.1. The average molecular weight is 371 g/mol. The predicted molar refractivity (Wildman–Crippen MR) is 101 cm³/mol. The number of anilines is 1. The number of sulfonamides is 1. The van der Waals surface area contributed by atoms with E-state index < -0.39 is 10.0 Å². The Hall–Kier alpha value is -2.45. The standard InChI is InChI=1S/C18H21N5O2S/c1-26(24,25)22-11-8-15(9-12-22)20-18-13-16(14-5-3-2-4-6-14)21-17-7-10-19-23(17)18/h2-7,10,13,15,20H,8-9,11-12H2,1H3. The van der Waals surface area contributed by atoms with Crippen molar-refractivity contribution in [3.63, 3.8) is 0 Å². The first kappa shape index (κ1) is 17.0. The highest BCUT2D eigenvalue weighted by molar-refractivity contribution is 7.88. The summed E-state index contributed by atoms with van der Waals surface area (Å²) in [6, 6.07) is 14.1. The second kappa shape index (κ2) is 6.69. The van der Waals surface area contributed by atoms with Gasteiger partial charge in [0.1, 0.15) is 5.82 Å². The molecule has 136 valence electrons. The molecule has 0 amide bonds. The number of rotatable bonds is 4. The summed E-state index contributed by atoms with van der Waals surface area (Å²) in [6.45, 7) is 1.07. The maximum atomic E-state index is 11.7. The minimum atomic E-state index is -3.11. The molecule has 0 spiro atoms. The van der Waals surface area contributed by atoms with Crippen molar-refractivity contribution in [2.24, 2.45) is 0 Å². The highest BCUT2D eigenvalue weighted by atomic mass is 32.2. The summed E-state index contributed by atoms with van der Waals surface area (Å²) < 4.78 is 26.7. The maximum absolute atomic E-state index is 11.7. The third-order valence-electron chi connectivity index (χ3n) is 4.70. The molecule has 4 rings (SSSR count). The number of aromatic nitrogens is 3. The number of benzene rings is 1. The molecule has 1 saturated heterocycles. The van der Waals surface area contributed by atoms with Gasteiger partial charge in [0, 0.05) is 36.8 Å². The predicted octanol–water partition coefficient (Wildman–Crippen LogP) is 2.23. The summed E-state index contributed by atoms with van der Waals surface area (Å²) in [5.41, 5.74) is 2.71. The Morgan fingerprint density at radius 2 is 1.85 bits per heavy atom. The summed E-state index contributed by atoms with van der Waals surface area (Å²) in [7, 11) is -3.11. The van der Waals surface area contributed by atoms with Crippen molar-refractivity contribution < 1.29 is 8.42 Å². The van der Waals surface area contributed by atoms with E-state index in [1.165, 1.54) is 10.6 Å². The molecule has 0 atom stereocenters. The highest BCUT2D eigenvalue weighted by Gasteiger charge is 2.25. The zero-order valence-corrected chi connectivity index (χ0v) is 15.4. The van der Waals surface area contributed by atoms with Crippen molar-refractivity contribution in [1.29, 1.82) is 0 Å². The largest absolute Gasteiger partial charge is 0.367 e. The van der Waals surface area contributed by atoms with E-state index in [9.17, 15) is 8.42 Å². The second-order valence-corrected chi connectivity index (χ2v) is 8.56. The van der Waals surface area contributed by atoms with E-state index >= 15 is 0 Å². The van der Waals surface area contributed by atoms with Crippen LogP contribution in [0.15, 0.2) is 48.7 Å². The lowest BCUT2D eigenvalue weighted by Crippen LogP contribution is -2.42. The Kier molecular flexibility index (Phi) is 4.37. The van der Waals surface area contributed by atoms with Crippen LogP contribution in [-0.4, -0.2) is 52.7 Å². The van der Waals surface area contributed by atoms with Crippen molar-refractivity contribution in [2.45, 2.75) is 18.9 Å². The van der Waals surface area contributed by atoms with Crippen molar-refractivity contribution in [1.82, 2.24) is 18.9 Å². The zero-order chi connectivity index (χ0) is 18.1. The number of nitrogens with one attached hydrogen (secondary N) is 1. The average Bonchev–Trinajstić information content (AvgIpc) is 3.11. The van der Waals surface area contributed by atoms with Gasteiger partial charge in [-0.2, -0.15) is 9.61 Å². The Morgan fingerprint density at radius 1 is 1.12 bits per heavy atom. The fourth-order valence-corrected chi connectivity index (χ4v) is 4.19. The number of hydrogen-bond donors (Lipinski definition) is 1. The van der Waals surface area contributed by atoms with Gasteiger partial charge < -0.3 is 5.32 Å². The summed E-state index contributed by atoms with van der Waals surface area (Å²) in [4.78, 5) is 4.68. The summed E-state index contributed by atoms with van der Waals surface area (Å²) in [6.07, 6.45) is 4.52. The molecule has 2 aromatic heterocycles. The molecule has 1 fully saturated rings. The van der Waals surface area contributed by atoms with Crippen LogP contribution in [-0.2, 0) is 10.0 Å². The number of piperidine rings is 1. The first-order chi connectivity index (χ1) is 12.5. The van der Waals surface area contributed by atoms with Gasteiger partial charge in [-0.3, -0.25) is 0 Å². The monoisotopic (exact) mass is 371 g/mol. The molecule has 1 aliphatic rings. The molecular weight excluding hydrogens is 350 g/mol. The van der Waals surface area contributed by atoms with Crippen LogP contribution in [0.3, 0.4) is 0 Å². The van der Waals surface area contributed by atoms with Gasteiger partial charge in [-0.15, -0.1) is 0 Å². The van der Waals surface area contributed by atoms with E-state index in [1.807, 2.05) is 42.5 Å². The van der Waals surface area contributed by atoms with E-state index in [0.29, 0.717) is 13.1 Å². The molecule has 0 radical (unpaired) electrons. The Balaban J connectivity index is 1.60. The molecule has 3 heterocycles. The minimum Gasteiger partial charge on any atom is -0.367 e. The van der Waals surface area contributed by atoms with Gasteiger partial charge in [-0.05, 0) is 12.8 Å². The molecule has 1 aliphatic heterocycles. The molecule has 7 nitrogen and oxygen atoms in total. The number of fused-ring (bicyclic) bond motifs is 1. The normalized spacial score (nSPS) is 16.8. The van der Waals surface area contributed by atoms with Crippen LogP contribution in [0.25, 0.3) is 16.9 Å². The molecule has 0 aliphatic carbocycles. The molecular formula is C18H21N5O2S. The van der Waals surface area contributed by atoms with Crippen molar-refractivity contribution >= 4 is 21.5 Å². The number of nitrogens with zero attached hydrogens (tertiary/aromatic N) is 4. The van der Waals surface area contributed by atoms with Gasteiger partial charge in [-0.25, -0.2) is 17.7 Å². The minimum absolute atomic E-state index is 0.200. The van der Waals surface area contributed by atoms with E-state index in [4.69, 9.17) is 0 Å². The van der Waals surface area contributed by atoms with E-state index in [-0.39, 0.29) is 6.04 Å². The lowest BCUT2D eigenvalue weighted by Gasteiger charge is -2.31. The van der Waals surface area contributed by atoms with Crippen molar-refractivity contribution in [3.05, 3.63) is 48.7 Å². The zero-order valence-electron chi connectivity index (χ0n) is 14.5. The van der Waals surface area contributed by atoms with Crippen LogP contribution in [0.4, 0.5) is 5.82 Å². The first-order valence-electron chi connectivity index (χ1n) is 8.62. The fraction of sp³-hybridized carbons (Fsp3) is 0.333. The molecule has 0 unspecified atom stereocenters. The second-order valence-electron chi connectivity index (χ2n) is 6.57. The molecule has 1 N–H and O–H groups in total. The van der Waals surface area contributed by atoms with Gasteiger partial charge in [-0.1, -0.05) is 30.3 Å². The van der Waals surface area contributed by atoms with Crippen LogP contribution < -0.4 is 5.32 Å².